The van der Waals surface area contributed by atoms with E-state index in [1.165, 1.54) is 6.07 Å². The average molecular weight is 288 g/mol. The lowest BCUT2D eigenvalue weighted by Gasteiger charge is -2.11. The number of hydrogen-bond donors (Lipinski definition) is 2. The summed E-state index contributed by atoms with van der Waals surface area (Å²) in [5.74, 6) is 0.0285. The summed E-state index contributed by atoms with van der Waals surface area (Å²) in [6.45, 7) is 1.77. The van der Waals surface area contributed by atoms with Gasteiger partial charge in [-0.05, 0) is 30.7 Å². The van der Waals surface area contributed by atoms with Crippen LogP contribution in [0.2, 0.25) is 0 Å². The molecule has 1 amide bonds. The quantitative estimate of drug-likeness (QED) is 0.888. The maximum Gasteiger partial charge on any atom is 0.243 e. The first kappa shape index (κ1) is 14.8. The van der Waals surface area contributed by atoms with E-state index in [0.29, 0.717) is 17.1 Å². The molecule has 5 heteroatoms. The molecule has 0 aromatic heterocycles. The predicted octanol–water partition coefficient (Wildman–Crippen LogP) is 3.19. The van der Waals surface area contributed by atoms with Gasteiger partial charge in [0.15, 0.2) is 0 Å². The largest absolute Gasteiger partial charge is 0.497 e. The minimum atomic E-state index is -0.371. The van der Waals surface area contributed by atoms with Crippen molar-refractivity contribution in [2.75, 3.05) is 24.3 Å². The van der Waals surface area contributed by atoms with Gasteiger partial charge in [0.25, 0.3) is 0 Å². The highest BCUT2D eigenvalue weighted by molar-refractivity contribution is 5.94. The fourth-order valence-corrected chi connectivity index (χ4v) is 1.93. The number of anilines is 2. The first-order valence-corrected chi connectivity index (χ1v) is 6.53. The van der Waals surface area contributed by atoms with Crippen molar-refractivity contribution < 1.29 is 13.9 Å². The normalized spacial score (nSPS) is 10.0. The van der Waals surface area contributed by atoms with Crippen LogP contribution in [0.15, 0.2) is 42.5 Å². The van der Waals surface area contributed by atoms with Gasteiger partial charge in [0, 0.05) is 11.8 Å². The van der Waals surface area contributed by atoms with Crippen LogP contribution in [-0.2, 0) is 4.79 Å². The Kier molecular flexibility index (Phi) is 4.77. The molecule has 0 aliphatic rings. The second-order valence-corrected chi connectivity index (χ2v) is 4.57. The first-order chi connectivity index (χ1) is 10.1. The lowest BCUT2D eigenvalue weighted by atomic mass is 10.2. The maximum absolute atomic E-state index is 13.6. The number of methoxy groups -OCH3 is 1. The van der Waals surface area contributed by atoms with Crippen molar-refractivity contribution in [2.45, 2.75) is 6.92 Å². The Morgan fingerprint density at radius 1 is 1.24 bits per heavy atom. The average Bonchev–Trinajstić information content (AvgIpc) is 2.47. The van der Waals surface area contributed by atoms with Crippen molar-refractivity contribution >= 4 is 17.3 Å². The van der Waals surface area contributed by atoms with Gasteiger partial charge in [0.2, 0.25) is 5.91 Å². The number of halogens is 1. The number of aryl methyl sites for hydroxylation is 1. The van der Waals surface area contributed by atoms with E-state index in [4.69, 9.17) is 4.74 Å². The molecule has 2 aromatic rings. The summed E-state index contributed by atoms with van der Waals surface area (Å²) >= 11 is 0. The third-order valence-corrected chi connectivity index (χ3v) is 3.00. The maximum atomic E-state index is 13.6. The van der Waals surface area contributed by atoms with Crippen molar-refractivity contribution in [1.29, 1.82) is 0 Å². The summed E-state index contributed by atoms with van der Waals surface area (Å²) in [5, 5.41) is 5.53. The molecular formula is C16H17FN2O2. The van der Waals surface area contributed by atoms with Crippen LogP contribution in [0.1, 0.15) is 5.56 Å². The molecule has 110 valence electrons. The van der Waals surface area contributed by atoms with Crippen molar-refractivity contribution in [2.24, 2.45) is 0 Å². The van der Waals surface area contributed by atoms with Gasteiger partial charge in [-0.1, -0.05) is 18.2 Å². The summed E-state index contributed by atoms with van der Waals surface area (Å²) in [6, 6.07) is 11.8. The molecule has 0 aliphatic heterocycles. The molecule has 21 heavy (non-hydrogen) atoms. The van der Waals surface area contributed by atoms with Crippen LogP contribution in [0.5, 0.6) is 5.75 Å². The van der Waals surface area contributed by atoms with E-state index in [2.05, 4.69) is 10.6 Å². The monoisotopic (exact) mass is 288 g/mol. The van der Waals surface area contributed by atoms with Gasteiger partial charge >= 0.3 is 0 Å². The molecule has 0 bridgehead atoms. The Morgan fingerprint density at radius 3 is 2.71 bits per heavy atom. The zero-order chi connectivity index (χ0) is 15.2. The number of benzene rings is 2. The lowest BCUT2D eigenvalue weighted by molar-refractivity contribution is -0.114. The molecule has 0 fully saturated rings. The Balaban J connectivity index is 1.96. The molecule has 2 aromatic carbocycles. The second-order valence-electron chi connectivity index (χ2n) is 4.57. The van der Waals surface area contributed by atoms with Gasteiger partial charge in [0.05, 0.1) is 19.3 Å². The molecule has 0 saturated carbocycles. The topological polar surface area (TPSA) is 50.4 Å². The standard InChI is InChI=1S/C16H17FN2O2/c1-11-5-3-8-14(17)16(11)18-10-15(20)19-12-6-4-7-13(9-12)21-2/h3-9,18H,10H2,1-2H3,(H,19,20). The highest BCUT2D eigenvalue weighted by atomic mass is 19.1. The van der Waals surface area contributed by atoms with Crippen LogP contribution in [0.25, 0.3) is 0 Å². The Bertz CT molecular complexity index is 624. The third-order valence-electron chi connectivity index (χ3n) is 3.00. The minimum Gasteiger partial charge on any atom is -0.497 e. The number of amides is 1. The van der Waals surface area contributed by atoms with E-state index in [-0.39, 0.29) is 18.3 Å². The predicted molar refractivity (Wildman–Crippen MR) is 81.3 cm³/mol. The van der Waals surface area contributed by atoms with Gasteiger partial charge in [-0.3, -0.25) is 4.79 Å². The van der Waals surface area contributed by atoms with E-state index >= 15 is 0 Å². The van der Waals surface area contributed by atoms with Crippen molar-refractivity contribution in [1.82, 2.24) is 0 Å². The summed E-state index contributed by atoms with van der Waals surface area (Å²) < 4.78 is 18.7. The molecule has 0 saturated heterocycles. The van der Waals surface area contributed by atoms with E-state index in [0.717, 1.165) is 5.56 Å². The number of hydrogen-bond acceptors (Lipinski definition) is 3. The van der Waals surface area contributed by atoms with Crippen LogP contribution in [-0.4, -0.2) is 19.6 Å². The zero-order valence-electron chi connectivity index (χ0n) is 11.9. The zero-order valence-corrected chi connectivity index (χ0v) is 11.9. The molecule has 0 atom stereocenters. The second kappa shape index (κ2) is 6.74. The minimum absolute atomic E-state index is 0.0149. The van der Waals surface area contributed by atoms with Gasteiger partial charge < -0.3 is 15.4 Å². The Labute approximate surface area is 122 Å². The summed E-state index contributed by atoms with van der Waals surface area (Å²) in [5.41, 5.74) is 1.73. The fourth-order valence-electron chi connectivity index (χ4n) is 1.93. The molecule has 2 rings (SSSR count). The number of rotatable bonds is 5. The summed E-state index contributed by atoms with van der Waals surface area (Å²) in [6.07, 6.45) is 0. The lowest BCUT2D eigenvalue weighted by Crippen LogP contribution is -2.22. The highest BCUT2D eigenvalue weighted by Crippen LogP contribution is 2.19. The smallest absolute Gasteiger partial charge is 0.243 e. The number of nitrogens with one attached hydrogen (secondary N) is 2. The fraction of sp³-hybridized carbons (Fsp3) is 0.188. The number of carbonyl (C=O) groups excluding carboxylic acids is 1. The van der Waals surface area contributed by atoms with Crippen LogP contribution >= 0.6 is 0 Å². The Morgan fingerprint density at radius 2 is 2.00 bits per heavy atom. The molecule has 2 N–H and O–H groups in total. The number of carbonyl (C=O) groups is 1. The van der Waals surface area contributed by atoms with Crippen LogP contribution in [0, 0.1) is 12.7 Å². The van der Waals surface area contributed by atoms with Crippen LogP contribution in [0.3, 0.4) is 0 Å². The molecular weight excluding hydrogens is 271 g/mol. The van der Waals surface area contributed by atoms with Gasteiger partial charge in [-0.15, -0.1) is 0 Å². The van der Waals surface area contributed by atoms with Gasteiger partial charge in [-0.2, -0.15) is 0 Å². The summed E-state index contributed by atoms with van der Waals surface area (Å²) in [4.78, 5) is 11.9. The number of ether oxygens (including phenoxy) is 1. The van der Waals surface area contributed by atoms with E-state index in [1.807, 2.05) is 0 Å². The molecule has 0 heterocycles. The highest BCUT2D eigenvalue weighted by Gasteiger charge is 2.08. The molecule has 4 nitrogen and oxygen atoms in total. The summed E-state index contributed by atoms with van der Waals surface area (Å²) in [7, 11) is 1.56. The molecule has 0 aliphatic carbocycles. The third kappa shape index (κ3) is 3.95. The molecule has 0 unspecified atom stereocenters. The van der Waals surface area contributed by atoms with E-state index in [9.17, 15) is 9.18 Å². The van der Waals surface area contributed by atoms with Crippen molar-refractivity contribution in [3.8, 4) is 5.75 Å². The number of para-hydroxylation sites is 1. The van der Waals surface area contributed by atoms with E-state index < -0.39 is 0 Å². The van der Waals surface area contributed by atoms with Gasteiger partial charge in [-0.25, -0.2) is 4.39 Å². The molecule has 0 spiro atoms. The van der Waals surface area contributed by atoms with Gasteiger partial charge in [0.1, 0.15) is 11.6 Å². The Hall–Kier alpha value is -2.56. The van der Waals surface area contributed by atoms with E-state index in [1.54, 1.807) is 50.4 Å². The SMILES string of the molecule is COc1cccc(NC(=O)CNc2c(C)cccc2F)c1. The molecule has 0 radical (unpaired) electrons. The van der Waals surface area contributed by atoms with Crippen LogP contribution in [0.4, 0.5) is 15.8 Å². The van der Waals surface area contributed by atoms with Crippen molar-refractivity contribution in [3.63, 3.8) is 0 Å². The van der Waals surface area contributed by atoms with Crippen molar-refractivity contribution in [3.05, 3.63) is 53.8 Å². The first-order valence-electron chi connectivity index (χ1n) is 6.53. The van der Waals surface area contributed by atoms with Crippen LogP contribution < -0.4 is 15.4 Å².